The number of carbonyl (C=O) groups excluding carboxylic acids is 2. The Morgan fingerprint density at radius 2 is 1.70 bits per heavy atom. The molecule has 7 nitrogen and oxygen atoms in total. The molecule has 2 aromatic carbocycles. The molecule has 3 heterocycles. The molecule has 228 valence electrons. The summed E-state index contributed by atoms with van der Waals surface area (Å²) in [6, 6.07) is 18.2. The highest BCUT2D eigenvalue weighted by atomic mass is 28.4. The van der Waals surface area contributed by atoms with E-state index in [4.69, 9.17) is 13.9 Å². The number of ether oxygens (including phenoxy) is 2. The molecule has 43 heavy (non-hydrogen) atoms. The average molecular weight is 601 g/mol. The van der Waals surface area contributed by atoms with Crippen molar-refractivity contribution >= 4 is 31.2 Å². The Bertz CT molecular complexity index is 1550. The topological polar surface area (TPSA) is 70.0 Å². The predicted octanol–water partition coefficient (Wildman–Crippen LogP) is 7.11. The molecule has 0 saturated carbocycles. The van der Waals surface area contributed by atoms with E-state index in [2.05, 4.69) is 92.0 Å². The fourth-order valence-electron chi connectivity index (χ4n) is 6.29. The number of benzene rings is 2. The lowest BCUT2D eigenvalue weighted by molar-refractivity contribution is -0.147. The van der Waals surface area contributed by atoms with Crippen LogP contribution in [-0.4, -0.2) is 50.5 Å². The summed E-state index contributed by atoms with van der Waals surface area (Å²) in [5.41, 5.74) is 5.48. The quantitative estimate of drug-likeness (QED) is 0.148. The summed E-state index contributed by atoms with van der Waals surface area (Å²) in [6.07, 6.45) is 6.83. The molecule has 2 aliphatic heterocycles. The van der Waals surface area contributed by atoms with E-state index >= 15 is 0 Å². The lowest BCUT2D eigenvalue weighted by atomic mass is 9.77. The van der Waals surface area contributed by atoms with E-state index in [0.717, 1.165) is 35.0 Å². The van der Waals surface area contributed by atoms with Crippen LogP contribution in [0.15, 0.2) is 78.5 Å². The summed E-state index contributed by atoms with van der Waals surface area (Å²) in [6.45, 7) is 12.7. The Balaban J connectivity index is 1.66. The first-order valence-electron chi connectivity index (χ1n) is 15.1. The number of hydrogen-bond donors (Lipinski definition) is 0. The van der Waals surface area contributed by atoms with Crippen LogP contribution in [0.1, 0.15) is 56.1 Å². The van der Waals surface area contributed by atoms with Crippen molar-refractivity contribution in [2.75, 3.05) is 20.8 Å². The second kappa shape index (κ2) is 12.2. The highest BCUT2D eigenvalue weighted by molar-refractivity contribution is 6.74. The van der Waals surface area contributed by atoms with E-state index in [1.54, 1.807) is 6.08 Å². The number of fused-ring (bicyclic) bond motifs is 6. The standard InChI is InChI=1S/C35H44N2O5Si/c1-35(2,3)43(6,7)42-20-19-27-26-15-11-12-16-29(26)37-32(27)30-21-28(33(37)34(39)41-5)25(17-18-31(38)40-4)23-36(30)22-24-13-9-8-10-14-24/h8-18,23,28,30,33H,19-22H2,1-7H3/b18-17+/t28-,30-,33-/m0/s1. The Morgan fingerprint density at radius 3 is 2.37 bits per heavy atom. The van der Waals surface area contributed by atoms with Crippen LogP contribution in [0.4, 0.5) is 0 Å². The zero-order valence-electron chi connectivity index (χ0n) is 26.4. The van der Waals surface area contributed by atoms with Crippen molar-refractivity contribution in [1.29, 1.82) is 0 Å². The molecule has 0 amide bonds. The van der Waals surface area contributed by atoms with Gasteiger partial charge in [-0.05, 0) is 59.8 Å². The number of carbonyl (C=O) groups is 2. The van der Waals surface area contributed by atoms with Gasteiger partial charge in [-0.3, -0.25) is 0 Å². The van der Waals surface area contributed by atoms with Crippen LogP contribution in [0.3, 0.4) is 0 Å². The van der Waals surface area contributed by atoms with Gasteiger partial charge in [0, 0.05) is 47.9 Å². The van der Waals surface area contributed by atoms with Crippen molar-refractivity contribution < 1.29 is 23.5 Å². The van der Waals surface area contributed by atoms with E-state index in [0.29, 0.717) is 13.2 Å². The van der Waals surface area contributed by atoms with Crippen molar-refractivity contribution in [3.05, 3.63) is 95.3 Å². The maximum absolute atomic E-state index is 13.6. The van der Waals surface area contributed by atoms with Gasteiger partial charge in [0.2, 0.25) is 0 Å². The molecule has 5 rings (SSSR count). The van der Waals surface area contributed by atoms with Crippen molar-refractivity contribution in [1.82, 2.24) is 9.47 Å². The first-order chi connectivity index (χ1) is 20.5. The number of allylic oxidation sites excluding steroid dienone is 2. The smallest absolute Gasteiger partial charge is 0.330 e. The molecule has 1 aromatic heterocycles. The molecule has 2 bridgehead atoms. The fourth-order valence-corrected chi connectivity index (χ4v) is 7.33. The van der Waals surface area contributed by atoms with Gasteiger partial charge in [-0.2, -0.15) is 0 Å². The third-order valence-electron chi connectivity index (χ3n) is 9.54. The summed E-state index contributed by atoms with van der Waals surface area (Å²) in [7, 11) is 0.872. The Morgan fingerprint density at radius 1 is 1.00 bits per heavy atom. The molecule has 0 N–H and O–H groups in total. The first-order valence-corrected chi connectivity index (χ1v) is 18.0. The summed E-state index contributed by atoms with van der Waals surface area (Å²) in [4.78, 5) is 28.1. The number of methoxy groups -OCH3 is 2. The van der Waals surface area contributed by atoms with Crippen LogP contribution in [0.25, 0.3) is 10.9 Å². The molecule has 3 atom stereocenters. The normalized spacial score (nSPS) is 20.2. The van der Waals surface area contributed by atoms with Gasteiger partial charge in [0.25, 0.3) is 0 Å². The van der Waals surface area contributed by atoms with Gasteiger partial charge < -0.3 is 23.4 Å². The number of aromatic nitrogens is 1. The van der Waals surface area contributed by atoms with Crippen LogP contribution in [0, 0.1) is 5.92 Å². The van der Waals surface area contributed by atoms with E-state index < -0.39 is 20.3 Å². The van der Waals surface area contributed by atoms with Gasteiger partial charge in [0.15, 0.2) is 8.32 Å². The Labute approximate surface area is 256 Å². The lowest BCUT2D eigenvalue weighted by Gasteiger charge is -2.47. The molecule has 0 radical (unpaired) electrons. The lowest BCUT2D eigenvalue weighted by Crippen LogP contribution is -2.44. The first kappa shape index (κ1) is 30.8. The molecular weight excluding hydrogens is 556 g/mol. The fraction of sp³-hybridized carbons (Fsp3) is 0.429. The molecular formula is C35H44N2O5Si. The third-order valence-corrected chi connectivity index (χ3v) is 14.1. The van der Waals surface area contributed by atoms with Crippen LogP contribution >= 0.6 is 0 Å². The summed E-state index contributed by atoms with van der Waals surface area (Å²) in [5, 5.41) is 1.26. The zero-order valence-corrected chi connectivity index (χ0v) is 27.4. The number of para-hydroxylation sites is 1. The van der Waals surface area contributed by atoms with E-state index in [1.807, 2.05) is 12.1 Å². The van der Waals surface area contributed by atoms with E-state index in [-0.39, 0.29) is 23.0 Å². The third kappa shape index (κ3) is 5.95. The van der Waals surface area contributed by atoms with Crippen molar-refractivity contribution in [3.63, 3.8) is 0 Å². The number of nitrogens with zero attached hydrogens (tertiary/aromatic N) is 2. The zero-order chi connectivity index (χ0) is 30.9. The molecule has 2 aliphatic rings. The Hall–Kier alpha value is -3.62. The average Bonchev–Trinajstić information content (AvgIpc) is 3.31. The second-order valence-electron chi connectivity index (χ2n) is 13.1. The molecule has 0 aliphatic carbocycles. The highest BCUT2D eigenvalue weighted by Gasteiger charge is 2.47. The van der Waals surface area contributed by atoms with E-state index in [9.17, 15) is 9.59 Å². The summed E-state index contributed by atoms with van der Waals surface area (Å²) < 4.78 is 19.2. The largest absolute Gasteiger partial charge is 0.467 e. The highest BCUT2D eigenvalue weighted by Crippen LogP contribution is 2.52. The molecule has 0 saturated heterocycles. The monoisotopic (exact) mass is 600 g/mol. The van der Waals surface area contributed by atoms with Crippen molar-refractivity contribution in [2.24, 2.45) is 5.92 Å². The molecule has 0 unspecified atom stereocenters. The number of hydrogen-bond acceptors (Lipinski definition) is 6. The van der Waals surface area contributed by atoms with Gasteiger partial charge in [-0.25, -0.2) is 9.59 Å². The van der Waals surface area contributed by atoms with Gasteiger partial charge >= 0.3 is 11.9 Å². The number of rotatable bonds is 9. The van der Waals surface area contributed by atoms with Crippen LogP contribution < -0.4 is 0 Å². The maximum atomic E-state index is 13.6. The Kier molecular flexibility index (Phi) is 8.72. The SMILES string of the molecule is COC(=O)/C=C/C1=CN(Cc2ccccc2)[C@H]2C[C@@H]1[C@@H](C(=O)OC)n1c2c(CCO[Si](C)(C)C(C)(C)C)c2ccccc21. The van der Waals surface area contributed by atoms with Crippen molar-refractivity contribution in [3.8, 4) is 0 Å². The second-order valence-corrected chi connectivity index (χ2v) is 17.9. The van der Waals surface area contributed by atoms with Gasteiger partial charge in [-0.1, -0.05) is 69.3 Å². The van der Waals surface area contributed by atoms with Crippen LogP contribution in [0.2, 0.25) is 18.1 Å². The van der Waals surface area contributed by atoms with Gasteiger partial charge in [-0.15, -0.1) is 0 Å². The molecule has 0 fully saturated rings. The number of esters is 2. The van der Waals surface area contributed by atoms with Crippen molar-refractivity contribution in [2.45, 2.75) is 70.4 Å². The molecule has 8 heteroatoms. The summed E-state index contributed by atoms with van der Waals surface area (Å²) >= 11 is 0. The van der Waals surface area contributed by atoms with E-state index in [1.165, 1.54) is 31.4 Å². The van der Waals surface area contributed by atoms with Crippen LogP contribution in [-0.2, 0) is 36.5 Å². The minimum Gasteiger partial charge on any atom is -0.467 e. The minimum atomic E-state index is -1.95. The van der Waals surface area contributed by atoms with Crippen LogP contribution in [0.5, 0.6) is 0 Å². The minimum absolute atomic E-state index is 0.0247. The maximum Gasteiger partial charge on any atom is 0.330 e. The van der Waals surface area contributed by atoms with Gasteiger partial charge in [0.1, 0.15) is 6.04 Å². The van der Waals surface area contributed by atoms with Gasteiger partial charge in [0.05, 0.1) is 20.3 Å². The summed E-state index contributed by atoms with van der Waals surface area (Å²) in [5.74, 6) is -0.896. The molecule has 3 aromatic rings. The predicted molar refractivity (Wildman–Crippen MR) is 172 cm³/mol. The molecule has 0 spiro atoms.